The summed E-state index contributed by atoms with van der Waals surface area (Å²) in [5.74, 6) is -0.0365. The van der Waals surface area contributed by atoms with Crippen LogP contribution in [0.4, 0.5) is 5.69 Å². The number of benzene rings is 2. The highest BCUT2D eigenvalue weighted by molar-refractivity contribution is 6.04. The maximum absolute atomic E-state index is 12.4. The number of nitrogens with one attached hydrogen (secondary N) is 1. The summed E-state index contributed by atoms with van der Waals surface area (Å²) >= 11 is 0. The van der Waals surface area contributed by atoms with Gasteiger partial charge in [0, 0.05) is 24.3 Å². The van der Waals surface area contributed by atoms with Crippen molar-refractivity contribution in [1.29, 1.82) is 0 Å². The SMILES string of the molecule is CCN1CCc2ccc(C(=O)Nc3ccccc3)cc2CC1. The summed E-state index contributed by atoms with van der Waals surface area (Å²) in [6.45, 7) is 5.48. The molecule has 2 aromatic carbocycles. The van der Waals surface area contributed by atoms with E-state index in [2.05, 4.69) is 29.3 Å². The highest BCUT2D eigenvalue weighted by atomic mass is 16.1. The quantitative estimate of drug-likeness (QED) is 0.941. The summed E-state index contributed by atoms with van der Waals surface area (Å²) in [5, 5.41) is 2.95. The monoisotopic (exact) mass is 294 g/mol. The summed E-state index contributed by atoms with van der Waals surface area (Å²) in [4.78, 5) is 14.8. The Labute approximate surface area is 132 Å². The average molecular weight is 294 g/mol. The molecule has 0 saturated carbocycles. The van der Waals surface area contributed by atoms with E-state index in [0.717, 1.165) is 43.7 Å². The molecule has 1 aliphatic heterocycles. The number of anilines is 1. The molecule has 0 fully saturated rings. The molecule has 0 saturated heterocycles. The zero-order chi connectivity index (χ0) is 15.4. The lowest BCUT2D eigenvalue weighted by Crippen LogP contribution is -2.25. The van der Waals surface area contributed by atoms with Gasteiger partial charge in [0.05, 0.1) is 0 Å². The summed E-state index contributed by atoms with van der Waals surface area (Å²) in [7, 11) is 0. The van der Waals surface area contributed by atoms with Gasteiger partial charge in [0.15, 0.2) is 0 Å². The first-order valence-electron chi connectivity index (χ1n) is 7.97. The Balaban J connectivity index is 1.76. The Bertz CT molecular complexity index is 652. The van der Waals surface area contributed by atoms with Gasteiger partial charge in [0.25, 0.3) is 5.91 Å². The van der Waals surface area contributed by atoms with Gasteiger partial charge >= 0.3 is 0 Å². The highest BCUT2D eigenvalue weighted by Gasteiger charge is 2.15. The van der Waals surface area contributed by atoms with Crippen LogP contribution in [0, 0.1) is 0 Å². The second-order valence-corrected chi connectivity index (χ2v) is 5.74. The summed E-state index contributed by atoms with van der Waals surface area (Å²) in [5.41, 5.74) is 4.27. The van der Waals surface area contributed by atoms with Crippen molar-refractivity contribution in [3.8, 4) is 0 Å². The van der Waals surface area contributed by atoms with Crippen molar-refractivity contribution in [2.75, 3.05) is 25.0 Å². The Hall–Kier alpha value is -2.13. The van der Waals surface area contributed by atoms with E-state index in [0.29, 0.717) is 0 Å². The van der Waals surface area contributed by atoms with Gasteiger partial charge in [-0.2, -0.15) is 0 Å². The molecular weight excluding hydrogens is 272 g/mol. The van der Waals surface area contributed by atoms with Crippen molar-refractivity contribution in [2.24, 2.45) is 0 Å². The minimum Gasteiger partial charge on any atom is -0.322 e. The maximum atomic E-state index is 12.4. The number of hydrogen-bond acceptors (Lipinski definition) is 2. The van der Waals surface area contributed by atoms with Crippen LogP contribution in [0.25, 0.3) is 0 Å². The number of amides is 1. The molecular formula is C19H22N2O. The third kappa shape index (κ3) is 3.37. The highest BCUT2D eigenvalue weighted by Crippen LogP contribution is 2.19. The molecule has 3 rings (SSSR count). The average Bonchev–Trinajstić information content (AvgIpc) is 2.77. The van der Waals surface area contributed by atoms with E-state index >= 15 is 0 Å². The van der Waals surface area contributed by atoms with Crippen LogP contribution in [-0.2, 0) is 12.8 Å². The van der Waals surface area contributed by atoms with Crippen LogP contribution in [0.3, 0.4) is 0 Å². The third-order valence-corrected chi connectivity index (χ3v) is 4.34. The van der Waals surface area contributed by atoms with E-state index in [1.54, 1.807) is 0 Å². The molecule has 1 heterocycles. The zero-order valence-corrected chi connectivity index (χ0v) is 13.0. The van der Waals surface area contributed by atoms with Crippen LogP contribution in [-0.4, -0.2) is 30.4 Å². The van der Waals surface area contributed by atoms with Crippen LogP contribution in [0.5, 0.6) is 0 Å². The molecule has 0 unspecified atom stereocenters. The van der Waals surface area contributed by atoms with Crippen LogP contribution < -0.4 is 5.32 Å². The van der Waals surface area contributed by atoms with E-state index in [1.807, 2.05) is 36.4 Å². The molecule has 3 nitrogen and oxygen atoms in total. The van der Waals surface area contributed by atoms with Gasteiger partial charge in [-0.25, -0.2) is 0 Å². The molecule has 0 aliphatic carbocycles. The predicted molar refractivity (Wildman–Crippen MR) is 90.4 cm³/mol. The number of fused-ring (bicyclic) bond motifs is 1. The molecule has 0 radical (unpaired) electrons. The van der Waals surface area contributed by atoms with Gasteiger partial charge in [0.1, 0.15) is 0 Å². The molecule has 2 aromatic rings. The van der Waals surface area contributed by atoms with Crippen molar-refractivity contribution >= 4 is 11.6 Å². The second kappa shape index (κ2) is 6.75. The van der Waals surface area contributed by atoms with Gasteiger partial charge in [-0.3, -0.25) is 4.79 Å². The fourth-order valence-electron chi connectivity index (χ4n) is 2.95. The normalized spacial score (nSPS) is 15.0. The fraction of sp³-hybridized carbons (Fsp3) is 0.316. The van der Waals surface area contributed by atoms with Gasteiger partial charge < -0.3 is 10.2 Å². The largest absolute Gasteiger partial charge is 0.322 e. The van der Waals surface area contributed by atoms with E-state index in [1.165, 1.54) is 11.1 Å². The lowest BCUT2D eigenvalue weighted by molar-refractivity contribution is 0.102. The van der Waals surface area contributed by atoms with E-state index in [-0.39, 0.29) is 5.91 Å². The van der Waals surface area contributed by atoms with Crippen molar-refractivity contribution in [2.45, 2.75) is 19.8 Å². The second-order valence-electron chi connectivity index (χ2n) is 5.74. The molecule has 0 atom stereocenters. The fourth-order valence-corrected chi connectivity index (χ4v) is 2.95. The van der Waals surface area contributed by atoms with Crippen molar-refractivity contribution in [3.63, 3.8) is 0 Å². The molecule has 0 bridgehead atoms. The molecule has 1 amide bonds. The lowest BCUT2D eigenvalue weighted by atomic mass is 10.00. The molecule has 0 spiro atoms. The van der Waals surface area contributed by atoms with Crippen LogP contribution >= 0.6 is 0 Å². The van der Waals surface area contributed by atoms with Crippen LogP contribution in [0.2, 0.25) is 0 Å². The molecule has 3 heteroatoms. The summed E-state index contributed by atoms with van der Waals surface area (Å²) in [6, 6.07) is 15.7. The van der Waals surface area contributed by atoms with E-state index < -0.39 is 0 Å². The standard InChI is InChI=1S/C19H22N2O/c1-2-21-12-10-15-8-9-17(14-16(15)11-13-21)19(22)20-18-6-4-3-5-7-18/h3-9,14H,2,10-13H2,1H3,(H,20,22). The van der Waals surface area contributed by atoms with Gasteiger partial charge in [-0.05, 0) is 54.8 Å². The zero-order valence-electron chi connectivity index (χ0n) is 13.0. The first kappa shape index (κ1) is 14.8. The summed E-state index contributed by atoms with van der Waals surface area (Å²) < 4.78 is 0. The minimum absolute atomic E-state index is 0.0365. The first-order valence-corrected chi connectivity index (χ1v) is 7.97. The minimum atomic E-state index is -0.0365. The Morgan fingerprint density at radius 1 is 1.05 bits per heavy atom. The number of hydrogen-bond donors (Lipinski definition) is 1. The van der Waals surface area contributed by atoms with Gasteiger partial charge in [-0.15, -0.1) is 0 Å². The smallest absolute Gasteiger partial charge is 0.255 e. The van der Waals surface area contributed by atoms with Gasteiger partial charge in [-0.1, -0.05) is 31.2 Å². The predicted octanol–water partition coefficient (Wildman–Crippen LogP) is 3.36. The Morgan fingerprint density at radius 3 is 2.50 bits per heavy atom. The number of carbonyl (C=O) groups is 1. The van der Waals surface area contributed by atoms with Crippen molar-refractivity contribution in [3.05, 3.63) is 65.2 Å². The van der Waals surface area contributed by atoms with Crippen LogP contribution in [0.1, 0.15) is 28.4 Å². The summed E-state index contributed by atoms with van der Waals surface area (Å²) in [6.07, 6.45) is 2.10. The van der Waals surface area contributed by atoms with E-state index in [9.17, 15) is 4.79 Å². The molecule has 0 aromatic heterocycles. The molecule has 22 heavy (non-hydrogen) atoms. The lowest BCUT2D eigenvalue weighted by Gasteiger charge is -2.16. The third-order valence-electron chi connectivity index (χ3n) is 4.34. The Kier molecular flexibility index (Phi) is 4.54. The molecule has 1 aliphatic rings. The number of para-hydroxylation sites is 1. The van der Waals surface area contributed by atoms with Crippen molar-refractivity contribution in [1.82, 2.24) is 4.90 Å². The number of rotatable bonds is 3. The number of nitrogens with zero attached hydrogens (tertiary/aromatic N) is 1. The van der Waals surface area contributed by atoms with Crippen molar-refractivity contribution < 1.29 is 4.79 Å². The van der Waals surface area contributed by atoms with E-state index in [4.69, 9.17) is 0 Å². The first-order chi connectivity index (χ1) is 10.8. The topological polar surface area (TPSA) is 32.3 Å². The number of likely N-dealkylation sites (N-methyl/N-ethyl adjacent to an activating group) is 1. The van der Waals surface area contributed by atoms with Crippen LogP contribution in [0.15, 0.2) is 48.5 Å². The molecule has 114 valence electrons. The Morgan fingerprint density at radius 2 is 1.77 bits per heavy atom. The number of carbonyl (C=O) groups excluding carboxylic acids is 1. The molecule has 1 N–H and O–H groups in total. The van der Waals surface area contributed by atoms with Gasteiger partial charge in [0.2, 0.25) is 0 Å². The maximum Gasteiger partial charge on any atom is 0.255 e.